The molecule has 2 fully saturated rings. The van der Waals surface area contributed by atoms with Crippen LogP contribution in [0.15, 0.2) is 24.3 Å². The summed E-state index contributed by atoms with van der Waals surface area (Å²) in [5.74, 6) is -0.307. The molecule has 2 aliphatic rings. The number of unbranched alkanes of at least 4 members (excludes halogenated alkanes) is 1. The van der Waals surface area contributed by atoms with E-state index in [2.05, 4.69) is 12.2 Å². The topological polar surface area (TPSA) is 69.7 Å². The Kier molecular flexibility index (Phi) is 7.88. The Morgan fingerprint density at radius 3 is 2.43 bits per heavy atom. The molecule has 0 bridgehead atoms. The molecular formula is C24H35N3O3. The van der Waals surface area contributed by atoms with E-state index in [0.29, 0.717) is 30.4 Å². The van der Waals surface area contributed by atoms with Crippen molar-refractivity contribution in [3.8, 4) is 0 Å². The van der Waals surface area contributed by atoms with Crippen LogP contribution in [0.5, 0.6) is 0 Å². The van der Waals surface area contributed by atoms with Crippen molar-refractivity contribution in [2.45, 2.75) is 71.3 Å². The van der Waals surface area contributed by atoms with Gasteiger partial charge in [-0.15, -0.1) is 0 Å². The van der Waals surface area contributed by atoms with Crippen LogP contribution in [0.3, 0.4) is 0 Å². The summed E-state index contributed by atoms with van der Waals surface area (Å²) < 4.78 is 0. The van der Waals surface area contributed by atoms with E-state index in [-0.39, 0.29) is 30.1 Å². The van der Waals surface area contributed by atoms with Crippen LogP contribution in [0.4, 0.5) is 5.69 Å². The predicted octanol–water partition coefficient (Wildman–Crippen LogP) is 4.07. The lowest BCUT2D eigenvalue weighted by Gasteiger charge is -2.33. The molecule has 1 aromatic rings. The smallest absolute Gasteiger partial charge is 0.254 e. The zero-order valence-electron chi connectivity index (χ0n) is 18.4. The SMILES string of the molecule is CCCCN1CC(C(=O)Nc2ccc(C(=O)N(CC)C3CCCCC3)cc2)CC1=O. The number of hydrogen-bond acceptors (Lipinski definition) is 3. The Labute approximate surface area is 180 Å². The van der Waals surface area contributed by atoms with Crippen molar-refractivity contribution >= 4 is 23.4 Å². The fourth-order valence-electron chi connectivity index (χ4n) is 4.58. The Morgan fingerprint density at radius 1 is 1.10 bits per heavy atom. The van der Waals surface area contributed by atoms with Gasteiger partial charge in [0.1, 0.15) is 0 Å². The number of nitrogens with one attached hydrogen (secondary N) is 1. The molecule has 30 heavy (non-hydrogen) atoms. The highest BCUT2D eigenvalue weighted by atomic mass is 16.2. The summed E-state index contributed by atoms with van der Waals surface area (Å²) in [5, 5.41) is 2.91. The second-order valence-electron chi connectivity index (χ2n) is 8.54. The lowest BCUT2D eigenvalue weighted by Crippen LogP contribution is -2.41. The van der Waals surface area contributed by atoms with Crippen molar-refractivity contribution in [2.24, 2.45) is 5.92 Å². The minimum Gasteiger partial charge on any atom is -0.342 e. The van der Waals surface area contributed by atoms with Crippen molar-refractivity contribution < 1.29 is 14.4 Å². The Morgan fingerprint density at radius 2 is 1.80 bits per heavy atom. The highest BCUT2D eigenvalue weighted by molar-refractivity contribution is 5.98. The number of benzene rings is 1. The van der Waals surface area contributed by atoms with Crippen LogP contribution in [0.1, 0.15) is 75.6 Å². The first kappa shape index (κ1) is 22.3. The van der Waals surface area contributed by atoms with Crippen LogP contribution >= 0.6 is 0 Å². The zero-order chi connectivity index (χ0) is 21.5. The van der Waals surface area contributed by atoms with Gasteiger partial charge < -0.3 is 15.1 Å². The predicted molar refractivity (Wildman–Crippen MR) is 118 cm³/mol. The molecular weight excluding hydrogens is 378 g/mol. The van der Waals surface area contributed by atoms with Crippen molar-refractivity contribution in [1.82, 2.24) is 9.80 Å². The van der Waals surface area contributed by atoms with Gasteiger partial charge >= 0.3 is 0 Å². The Balaban J connectivity index is 1.57. The van der Waals surface area contributed by atoms with E-state index in [9.17, 15) is 14.4 Å². The minimum absolute atomic E-state index is 0.0620. The molecule has 1 N–H and O–H groups in total. The lowest BCUT2D eigenvalue weighted by molar-refractivity contribution is -0.128. The van der Waals surface area contributed by atoms with Gasteiger partial charge in [0.05, 0.1) is 5.92 Å². The highest BCUT2D eigenvalue weighted by Gasteiger charge is 2.34. The van der Waals surface area contributed by atoms with Crippen LogP contribution in [-0.4, -0.2) is 53.2 Å². The van der Waals surface area contributed by atoms with E-state index in [0.717, 1.165) is 32.2 Å². The summed E-state index contributed by atoms with van der Waals surface area (Å²) in [6.45, 7) is 6.06. The van der Waals surface area contributed by atoms with Crippen LogP contribution in [0.25, 0.3) is 0 Å². The zero-order valence-corrected chi connectivity index (χ0v) is 18.4. The van der Waals surface area contributed by atoms with E-state index in [1.807, 2.05) is 11.8 Å². The first-order valence-electron chi connectivity index (χ1n) is 11.5. The molecule has 1 atom stereocenters. The fourth-order valence-corrected chi connectivity index (χ4v) is 4.58. The second-order valence-corrected chi connectivity index (χ2v) is 8.54. The van der Waals surface area contributed by atoms with Gasteiger partial charge in [0.25, 0.3) is 5.91 Å². The monoisotopic (exact) mass is 413 g/mol. The number of rotatable bonds is 8. The summed E-state index contributed by atoms with van der Waals surface area (Å²) in [7, 11) is 0. The maximum absolute atomic E-state index is 13.0. The molecule has 164 valence electrons. The number of amides is 3. The van der Waals surface area contributed by atoms with E-state index < -0.39 is 0 Å². The summed E-state index contributed by atoms with van der Waals surface area (Å²) in [6, 6.07) is 7.48. The molecule has 1 heterocycles. The largest absolute Gasteiger partial charge is 0.342 e. The van der Waals surface area contributed by atoms with Gasteiger partial charge in [-0.2, -0.15) is 0 Å². The van der Waals surface area contributed by atoms with Crippen molar-refractivity contribution in [1.29, 1.82) is 0 Å². The number of carbonyl (C=O) groups excluding carboxylic acids is 3. The van der Waals surface area contributed by atoms with E-state index in [4.69, 9.17) is 0 Å². The summed E-state index contributed by atoms with van der Waals surface area (Å²) in [6.07, 6.45) is 8.09. The summed E-state index contributed by atoms with van der Waals surface area (Å²) in [5.41, 5.74) is 1.32. The molecule has 1 saturated carbocycles. The molecule has 0 radical (unpaired) electrons. The quantitative estimate of drug-likeness (QED) is 0.698. The third-order valence-electron chi connectivity index (χ3n) is 6.38. The average Bonchev–Trinajstić information content (AvgIpc) is 3.14. The van der Waals surface area contributed by atoms with Gasteiger partial charge in [-0.1, -0.05) is 32.6 Å². The number of hydrogen-bond donors (Lipinski definition) is 1. The Bertz CT molecular complexity index is 741. The number of nitrogens with zero attached hydrogens (tertiary/aromatic N) is 2. The number of carbonyl (C=O) groups is 3. The van der Waals surface area contributed by atoms with Crippen molar-refractivity contribution in [2.75, 3.05) is 25.0 Å². The van der Waals surface area contributed by atoms with Crippen molar-refractivity contribution in [3.63, 3.8) is 0 Å². The second kappa shape index (κ2) is 10.6. The molecule has 6 nitrogen and oxygen atoms in total. The molecule has 0 spiro atoms. The third-order valence-corrected chi connectivity index (χ3v) is 6.38. The van der Waals surface area contributed by atoms with Gasteiger partial charge in [-0.25, -0.2) is 0 Å². The van der Waals surface area contributed by atoms with Gasteiger partial charge in [0.2, 0.25) is 11.8 Å². The summed E-state index contributed by atoms with van der Waals surface area (Å²) in [4.78, 5) is 41.4. The third kappa shape index (κ3) is 5.41. The van der Waals surface area contributed by atoms with Crippen LogP contribution in [-0.2, 0) is 9.59 Å². The normalized spacial score (nSPS) is 19.7. The van der Waals surface area contributed by atoms with E-state index >= 15 is 0 Å². The van der Waals surface area contributed by atoms with Gasteiger partial charge in [0, 0.05) is 43.3 Å². The molecule has 3 rings (SSSR count). The maximum Gasteiger partial charge on any atom is 0.254 e. The average molecular weight is 414 g/mol. The van der Waals surface area contributed by atoms with Gasteiger partial charge in [-0.3, -0.25) is 14.4 Å². The first-order valence-corrected chi connectivity index (χ1v) is 11.5. The molecule has 1 aliphatic carbocycles. The molecule has 1 saturated heterocycles. The number of likely N-dealkylation sites (tertiary alicyclic amines) is 1. The van der Waals surface area contributed by atoms with E-state index in [1.54, 1.807) is 29.2 Å². The lowest BCUT2D eigenvalue weighted by atomic mass is 9.93. The van der Waals surface area contributed by atoms with Crippen LogP contribution in [0.2, 0.25) is 0 Å². The molecule has 6 heteroatoms. The van der Waals surface area contributed by atoms with Crippen LogP contribution < -0.4 is 5.32 Å². The number of anilines is 1. The first-order chi connectivity index (χ1) is 14.5. The van der Waals surface area contributed by atoms with Crippen molar-refractivity contribution in [3.05, 3.63) is 29.8 Å². The minimum atomic E-state index is -0.308. The highest BCUT2D eigenvalue weighted by Crippen LogP contribution is 2.25. The molecule has 1 aliphatic heterocycles. The summed E-state index contributed by atoms with van der Waals surface area (Å²) >= 11 is 0. The molecule has 3 amide bonds. The van der Waals surface area contributed by atoms with Crippen LogP contribution in [0, 0.1) is 5.92 Å². The van der Waals surface area contributed by atoms with E-state index in [1.165, 1.54) is 19.3 Å². The molecule has 0 aromatic heterocycles. The standard InChI is InChI=1S/C24H35N3O3/c1-3-5-15-26-17-19(16-22(26)28)23(29)25-20-13-11-18(12-14-20)24(30)27(4-2)21-9-7-6-8-10-21/h11-14,19,21H,3-10,15-17H2,1-2H3,(H,25,29). The fraction of sp³-hybridized carbons (Fsp3) is 0.625. The molecule has 1 aromatic carbocycles. The van der Waals surface area contributed by atoms with Gasteiger partial charge in [-0.05, 0) is 50.5 Å². The molecule has 1 unspecified atom stereocenters. The Hall–Kier alpha value is -2.37. The van der Waals surface area contributed by atoms with Gasteiger partial charge in [0.15, 0.2) is 0 Å². The maximum atomic E-state index is 13.0.